The maximum Gasteiger partial charge on any atom is 0.0867 e. The summed E-state index contributed by atoms with van der Waals surface area (Å²) in [5.74, 6) is 0. The van der Waals surface area contributed by atoms with Crippen LogP contribution in [-0.4, -0.2) is 9.78 Å². The smallest absolute Gasteiger partial charge is 0.0867 e. The second-order valence-corrected chi connectivity index (χ2v) is 3.31. The Labute approximate surface area is 77.2 Å². The maximum atomic E-state index is 5.82. The van der Waals surface area contributed by atoms with Crippen molar-refractivity contribution in [1.29, 1.82) is 0 Å². The Bertz CT molecular complexity index is 429. The number of fused-ring (bicyclic) bond motifs is 1. The zero-order chi connectivity index (χ0) is 9.42. The molecule has 2 N–H and O–H groups in total. The molecule has 0 aliphatic rings. The second-order valence-electron chi connectivity index (χ2n) is 3.31. The van der Waals surface area contributed by atoms with Crippen LogP contribution in [0.4, 0.5) is 0 Å². The Morgan fingerprint density at radius 1 is 1.38 bits per heavy atom. The largest absolute Gasteiger partial charge is 0.323 e. The fourth-order valence-corrected chi connectivity index (χ4v) is 1.58. The highest BCUT2D eigenvalue weighted by Gasteiger charge is 2.10. The Morgan fingerprint density at radius 2 is 2.08 bits per heavy atom. The fraction of sp³-hybridized carbons (Fsp3) is 0.300. The third-order valence-electron chi connectivity index (χ3n) is 2.22. The van der Waals surface area contributed by atoms with Crippen LogP contribution < -0.4 is 5.73 Å². The van der Waals surface area contributed by atoms with Crippen molar-refractivity contribution in [3.05, 3.63) is 30.0 Å². The van der Waals surface area contributed by atoms with E-state index in [9.17, 15) is 0 Å². The third-order valence-corrected chi connectivity index (χ3v) is 2.22. The van der Waals surface area contributed by atoms with Crippen molar-refractivity contribution in [3.63, 3.8) is 0 Å². The van der Waals surface area contributed by atoms with Crippen LogP contribution in [0.3, 0.4) is 0 Å². The number of rotatable bonds is 1. The number of nitrogens with two attached hydrogens (primary N) is 1. The Hall–Kier alpha value is -1.35. The molecular formula is C10H13N3. The van der Waals surface area contributed by atoms with Crippen molar-refractivity contribution < 1.29 is 0 Å². The molecule has 0 bridgehead atoms. The van der Waals surface area contributed by atoms with Gasteiger partial charge < -0.3 is 5.73 Å². The molecule has 1 heterocycles. The topological polar surface area (TPSA) is 43.8 Å². The molecule has 0 amide bonds. The molecule has 0 spiro atoms. The van der Waals surface area contributed by atoms with Crippen LogP contribution in [-0.2, 0) is 7.05 Å². The van der Waals surface area contributed by atoms with Crippen molar-refractivity contribution >= 4 is 10.9 Å². The number of hydrogen-bond donors (Lipinski definition) is 1. The Kier molecular flexibility index (Phi) is 1.81. The van der Waals surface area contributed by atoms with Crippen molar-refractivity contribution in [1.82, 2.24) is 9.78 Å². The van der Waals surface area contributed by atoms with Gasteiger partial charge in [0.25, 0.3) is 0 Å². The quantitative estimate of drug-likeness (QED) is 0.715. The van der Waals surface area contributed by atoms with Crippen LogP contribution in [0.1, 0.15) is 18.7 Å². The van der Waals surface area contributed by atoms with Gasteiger partial charge in [0.05, 0.1) is 11.2 Å². The number of aryl methyl sites for hydroxylation is 1. The molecule has 1 aromatic heterocycles. The summed E-state index contributed by atoms with van der Waals surface area (Å²) in [7, 11) is 1.94. The minimum atomic E-state index is -0.00824. The summed E-state index contributed by atoms with van der Waals surface area (Å²) >= 11 is 0. The molecular weight excluding hydrogens is 162 g/mol. The molecule has 0 radical (unpaired) electrons. The maximum absolute atomic E-state index is 5.82. The van der Waals surface area contributed by atoms with E-state index < -0.39 is 0 Å². The summed E-state index contributed by atoms with van der Waals surface area (Å²) in [5.41, 5.74) is 7.92. The number of aromatic nitrogens is 2. The molecule has 0 aliphatic heterocycles. The van der Waals surface area contributed by atoms with Gasteiger partial charge in [-0.1, -0.05) is 18.2 Å². The van der Waals surface area contributed by atoms with E-state index in [2.05, 4.69) is 11.2 Å². The van der Waals surface area contributed by atoms with E-state index in [1.54, 1.807) is 0 Å². The Balaban J connectivity index is 2.78. The predicted octanol–water partition coefficient (Wildman–Crippen LogP) is 1.59. The first-order valence-corrected chi connectivity index (χ1v) is 4.37. The zero-order valence-electron chi connectivity index (χ0n) is 7.86. The first kappa shape index (κ1) is 8.26. The predicted molar refractivity (Wildman–Crippen MR) is 53.3 cm³/mol. The van der Waals surface area contributed by atoms with Gasteiger partial charge in [0.2, 0.25) is 0 Å². The summed E-state index contributed by atoms with van der Waals surface area (Å²) in [6.07, 6.45) is 0. The van der Waals surface area contributed by atoms with Crippen molar-refractivity contribution in [2.75, 3.05) is 0 Å². The summed E-state index contributed by atoms with van der Waals surface area (Å²) in [6.45, 7) is 1.95. The minimum absolute atomic E-state index is 0.00824. The lowest BCUT2D eigenvalue weighted by Gasteiger charge is -1.99. The van der Waals surface area contributed by atoms with Gasteiger partial charge in [-0.2, -0.15) is 5.10 Å². The number of nitrogens with zero attached hydrogens (tertiary/aromatic N) is 2. The highest BCUT2D eigenvalue weighted by Crippen LogP contribution is 2.21. The molecule has 2 rings (SSSR count). The zero-order valence-corrected chi connectivity index (χ0v) is 7.86. The third kappa shape index (κ3) is 1.21. The highest BCUT2D eigenvalue weighted by atomic mass is 15.3. The van der Waals surface area contributed by atoms with E-state index in [4.69, 9.17) is 5.73 Å². The van der Waals surface area contributed by atoms with Gasteiger partial charge in [0.15, 0.2) is 0 Å². The van der Waals surface area contributed by atoms with Crippen molar-refractivity contribution in [3.8, 4) is 0 Å². The lowest BCUT2D eigenvalue weighted by molar-refractivity contribution is 0.712. The Morgan fingerprint density at radius 3 is 2.77 bits per heavy atom. The van der Waals surface area contributed by atoms with Crippen molar-refractivity contribution in [2.45, 2.75) is 13.0 Å². The van der Waals surface area contributed by atoms with Crippen LogP contribution in [0.2, 0.25) is 0 Å². The van der Waals surface area contributed by atoms with Crippen LogP contribution in [0.5, 0.6) is 0 Å². The standard InChI is InChI=1S/C10H13N3/c1-7(11)10-8-5-3-4-6-9(8)13(2)12-10/h3-7H,11H2,1-2H3/t7-/m0/s1. The lowest BCUT2D eigenvalue weighted by Crippen LogP contribution is -2.06. The number of hydrogen-bond acceptors (Lipinski definition) is 2. The van der Waals surface area contributed by atoms with E-state index in [0.29, 0.717) is 0 Å². The van der Waals surface area contributed by atoms with Gasteiger partial charge in [-0.25, -0.2) is 0 Å². The molecule has 0 aliphatic carbocycles. The molecule has 0 saturated heterocycles. The van der Waals surface area contributed by atoms with Gasteiger partial charge in [-0.15, -0.1) is 0 Å². The van der Waals surface area contributed by atoms with Crippen LogP contribution >= 0.6 is 0 Å². The average Bonchev–Trinajstić information content (AvgIpc) is 2.45. The van der Waals surface area contributed by atoms with Crippen molar-refractivity contribution in [2.24, 2.45) is 12.8 Å². The summed E-state index contributed by atoms with van der Waals surface area (Å²) in [5, 5.41) is 5.53. The molecule has 13 heavy (non-hydrogen) atoms. The second kappa shape index (κ2) is 2.85. The minimum Gasteiger partial charge on any atom is -0.323 e. The number of benzene rings is 1. The summed E-state index contributed by atoms with van der Waals surface area (Å²) in [6, 6.07) is 8.12. The molecule has 0 fully saturated rings. The normalized spacial score (nSPS) is 13.5. The van der Waals surface area contributed by atoms with E-state index in [1.807, 2.05) is 36.9 Å². The number of para-hydroxylation sites is 1. The van der Waals surface area contributed by atoms with E-state index in [0.717, 1.165) is 16.6 Å². The van der Waals surface area contributed by atoms with E-state index in [1.165, 1.54) is 0 Å². The molecule has 1 atom stereocenters. The molecule has 3 heteroatoms. The van der Waals surface area contributed by atoms with Gasteiger partial charge in [0, 0.05) is 18.5 Å². The highest BCUT2D eigenvalue weighted by molar-refractivity contribution is 5.82. The van der Waals surface area contributed by atoms with Crippen LogP contribution in [0, 0.1) is 0 Å². The van der Waals surface area contributed by atoms with Crippen LogP contribution in [0.15, 0.2) is 24.3 Å². The van der Waals surface area contributed by atoms with E-state index >= 15 is 0 Å². The first-order chi connectivity index (χ1) is 6.20. The molecule has 3 nitrogen and oxygen atoms in total. The monoisotopic (exact) mass is 175 g/mol. The molecule has 68 valence electrons. The summed E-state index contributed by atoms with van der Waals surface area (Å²) in [4.78, 5) is 0. The fourth-order valence-electron chi connectivity index (χ4n) is 1.58. The first-order valence-electron chi connectivity index (χ1n) is 4.37. The van der Waals surface area contributed by atoms with Gasteiger partial charge in [0.1, 0.15) is 0 Å². The lowest BCUT2D eigenvalue weighted by atomic mass is 10.1. The van der Waals surface area contributed by atoms with Gasteiger partial charge in [-0.3, -0.25) is 4.68 Å². The SMILES string of the molecule is C[C@H](N)c1nn(C)c2ccccc12. The average molecular weight is 175 g/mol. The molecule has 2 aromatic rings. The van der Waals surface area contributed by atoms with Crippen LogP contribution in [0.25, 0.3) is 10.9 Å². The van der Waals surface area contributed by atoms with Gasteiger partial charge in [-0.05, 0) is 13.0 Å². The summed E-state index contributed by atoms with van der Waals surface area (Å²) < 4.78 is 1.87. The van der Waals surface area contributed by atoms with E-state index in [-0.39, 0.29) is 6.04 Å². The van der Waals surface area contributed by atoms with Gasteiger partial charge >= 0.3 is 0 Å². The molecule has 0 unspecified atom stereocenters. The molecule has 1 aromatic carbocycles. The molecule has 0 saturated carbocycles.